The van der Waals surface area contributed by atoms with E-state index in [4.69, 9.17) is 4.74 Å². The summed E-state index contributed by atoms with van der Waals surface area (Å²) >= 11 is 1.55. The van der Waals surface area contributed by atoms with Crippen molar-refractivity contribution in [1.29, 1.82) is 0 Å². The average Bonchev–Trinajstić information content (AvgIpc) is 3.22. The van der Waals surface area contributed by atoms with Crippen LogP contribution in [0.2, 0.25) is 0 Å². The molecule has 2 bridgehead atoms. The van der Waals surface area contributed by atoms with Crippen molar-refractivity contribution in [1.82, 2.24) is 19.7 Å². The van der Waals surface area contributed by atoms with E-state index in [1.165, 1.54) is 0 Å². The Morgan fingerprint density at radius 1 is 1.14 bits per heavy atom. The minimum Gasteiger partial charge on any atom is -0.372 e. The van der Waals surface area contributed by atoms with Gasteiger partial charge in [0.1, 0.15) is 11.1 Å². The molecule has 4 atom stereocenters. The molecule has 0 N–H and O–H groups in total. The summed E-state index contributed by atoms with van der Waals surface area (Å²) in [5.41, 5.74) is 2.90. The normalized spacial score (nSPS) is 28.9. The van der Waals surface area contributed by atoms with Crippen LogP contribution in [-0.4, -0.2) is 64.0 Å². The first kappa shape index (κ1) is 18.7. The van der Waals surface area contributed by atoms with Crippen molar-refractivity contribution in [2.24, 2.45) is 5.92 Å². The standard InChI is InChI=1S/C20H25N5O3S/c1-12-6-23(7-13(2)28-12)18(26)16-3-4-17-15-5-14(9-25(17)19(16)27)8-24(10-15)20-22-21-11-29-20/h3-4,11-15H,5-10H2,1-2H3/t12-,13+,14-,15+/m0/s1. The lowest BCUT2D eigenvalue weighted by Gasteiger charge is -2.42. The second kappa shape index (κ2) is 7.21. The molecule has 3 aliphatic heterocycles. The molecule has 9 heteroatoms. The molecule has 0 saturated carbocycles. The number of ether oxygens (including phenoxy) is 1. The second-order valence-electron chi connectivity index (χ2n) is 8.48. The van der Waals surface area contributed by atoms with E-state index in [2.05, 4.69) is 15.1 Å². The van der Waals surface area contributed by atoms with Crippen molar-refractivity contribution >= 4 is 22.4 Å². The number of morpholine rings is 1. The van der Waals surface area contributed by atoms with E-state index in [9.17, 15) is 9.59 Å². The van der Waals surface area contributed by atoms with Crippen LogP contribution >= 0.6 is 11.3 Å². The number of amides is 1. The van der Waals surface area contributed by atoms with E-state index in [1.807, 2.05) is 24.5 Å². The smallest absolute Gasteiger partial charge is 0.263 e. The fraction of sp³-hybridized carbons (Fsp3) is 0.600. The molecule has 0 aromatic carbocycles. The zero-order valence-electron chi connectivity index (χ0n) is 16.7. The van der Waals surface area contributed by atoms with Gasteiger partial charge in [-0.1, -0.05) is 11.3 Å². The maximum atomic E-state index is 13.3. The highest BCUT2D eigenvalue weighted by Crippen LogP contribution is 2.37. The van der Waals surface area contributed by atoms with Crippen molar-refractivity contribution in [3.63, 3.8) is 0 Å². The number of hydrogen-bond donors (Lipinski definition) is 0. The Balaban J connectivity index is 1.43. The minimum absolute atomic E-state index is 0.0197. The topological polar surface area (TPSA) is 80.6 Å². The van der Waals surface area contributed by atoms with Crippen LogP contribution in [0.4, 0.5) is 5.13 Å². The van der Waals surface area contributed by atoms with E-state index in [0.29, 0.717) is 25.6 Å². The van der Waals surface area contributed by atoms with Gasteiger partial charge in [0.2, 0.25) is 5.13 Å². The number of carbonyl (C=O) groups is 1. The first-order chi connectivity index (χ1) is 14.0. The van der Waals surface area contributed by atoms with E-state index in [0.717, 1.165) is 30.3 Å². The molecule has 154 valence electrons. The third-order valence-corrected chi connectivity index (χ3v) is 6.91. The Hall–Kier alpha value is -2.26. The van der Waals surface area contributed by atoms with E-state index in [1.54, 1.807) is 27.8 Å². The van der Waals surface area contributed by atoms with Crippen LogP contribution in [0.1, 0.15) is 42.2 Å². The summed E-state index contributed by atoms with van der Waals surface area (Å²) in [4.78, 5) is 30.4. The maximum absolute atomic E-state index is 13.3. The first-order valence-electron chi connectivity index (χ1n) is 10.2. The van der Waals surface area contributed by atoms with Gasteiger partial charge in [-0.05, 0) is 38.3 Å². The third-order valence-electron chi connectivity index (χ3n) is 6.16. The van der Waals surface area contributed by atoms with Gasteiger partial charge in [-0.3, -0.25) is 9.59 Å². The molecule has 5 heterocycles. The number of nitrogens with zero attached hydrogens (tertiary/aromatic N) is 5. The highest BCUT2D eigenvalue weighted by atomic mass is 32.1. The van der Waals surface area contributed by atoms with Gasteiger partial charge in [0.15, 0.2) is 0 Å². The lowest BCUT2D eigenvalue weighted by atomic mass is 9.83. The zero-order valence-corrected chi connectivity index (χ0v) is 17.5. The van der Waals surface area contributed by atoms with E-state index in [-0.39, 0.29) is 35.2 Å². The third kappa shape index (κ3) is 3.36. The molecule has 1 amide bonds. The largest absolute Gasteiger partial charge is 0.372 e. The number of rotatable bonds is 2. The summed E-state index contributed by atoms with van der Waals surface area (Å²) in [5, 5.41) is 9.11. The van der Waals surface area contributed by atoms with Gasteiger partial charge in [-0.2, -0.15) is 0 Å². The fourth-order valence-corrected chi connectivity index (χ4v) is 5.66. The monoisotopic (exact) mass is 415 g/mol. The van der Waals surface area contributed by atoms with Crippen LogP contribution in [-0.2, 0) is 11.3 Å². The molecule has 0 spiro atoms. The van der Waals surface area contributed by atoms with Crippen molar-refractivity contribution in [3.8, 4) is 0 Å². The number of aromatic nitrogens is 3. The lowest BCUT2D eigenvalue weighted by molar-refractivity contribution is -0.0586. The second-order valence-corrected chi connectivity index (χ2v) is 9.29. The first-order valence-corrected chi connectivity index (χ1v) is 11.1. The Kier molecular flexibility index (Phi) is 4.66. The van der Waals surface area contributed by atoms with Crippen LogP contribution in [0.15, 0.2) is 22.4 Å². The average molecular weight is 416 g/mol. The molecular weight excluding hydrogens is 390 g/mol. The SMILES string of the molecule is C[C@@H]1CN(C(=O)c2ccc3n(c2=O)C[C@H]2C[C@@H]3CN(c3nncs3)C2)C[C@H](C)O1. The molecule has 0 radical (unpaired) electrons. The minimum atomic E-state index is -0.182. The zero-order chi connectivity index (χ0) is 20.1. The van der Waals surface area contributed by atoms with Crippen LogP contribution in [0.3, 0.4) is 0 Å². The molecule has 0 aliphatic carbocycles. The Labute approximate surface area is 173 Å². The number of fused-ring (bicyclic) bond motifs is 4. The molecule has 2 aromatic rings. The molecular formula is C20H25N5O3S. The Bertz CT molecular complexity index is 965. The highest BCUT2D eigenvalue weighted by Gasteiger charge is 2.37. The highest BCUT2D eigenvalue weighted by molar-refractivity contribution is 7.13. The number of hydrogen-bond acceptors (Lipinski definition) is 7. The summed E-state index contributed by atoms with van der Waals surface area (Å²) in [5.74, 6) is 0.460. The van der Waals surface area contributed by atoms with Gasteiger partial charge >= 0.3 is 0 Å². The predicted molar refractivity (Wildman–Crippen MR) is 110 cm³/mol. The molecule has 2 aromatic heterocycles. The van der Waals surface area contributed by atoms with Crippen molar-refractivity contribution < 1.29 is 9.53 Å². The van der Waals surface area contributed by atoms with Crippen molar-refractivity contribution in [2.75, 3.05) is 31.1 Å². The molecule has 0 unspecified atom stereocenters. The van der Waals surface area contributed by atoms with Crippen LogP contribution < -0.4 is 10.5 Å². The van der Waals surface area contributed by atoms with Gasteiger partial charge in [0.05, 0.1) is 12.2 Å². The summed E-state index contributed by atoms with van der Waals surface area (Å²) in [6.45, 7) is 7.31. The molecule has 3 aliphatic rings. The Morgan fingerprint density at radius 2 is 1.93 bits per heavy atom. The van der Waals surface area contributed by atoms with Gasteiger partial charge < -0.3 is 19.1 Å². The summed E-state index contributed by atoms with van der Waals surface area (Å²) < 4.78 is 7.57. The predicted octanol–water partition coefficient (Wildman–Crippen LogP) is 1.57. The van der Waals surface area contributed by atoms with Crippen molar-refractivity contribution in [3.05, 3.63) is 39.3 Å². The molecule has 8 nitrogen and oxygen atoms in total. The fourth-order valence-electron chi connectivity index (χ4n) is 5.08. The van der Waals surface area contributed by atoms with E-state index >= 15 is 0 Å². The quantitative estimate of drug-likeness (QED) is 0.741. The van der Waals surface area contributed by atoms with Gasteiger partial charge in [0, 0.05) is 44.3 Å². The number of carbonyl (C=O) groups excluding carboxylic acids is 1. The van der Waals surface area contributed by atoms with Crippen molar-refractivity contribution in [2.45, 2.75) is 44.9 Å². The molecule has 29 heavy (non-hydrogen) atoms. The lowest BCUT2D eigenvalue weighted by Crippen LogP contribution is -2.51. The molecule has 2 fully saturated rings. The number of pyridine rings is 1. The van der Waals surface area contributed by atoms with Crippen LogP contribution in [0.25, 0.3) is 0 Å². The number of piperidine rings is 1. The summed E-state index contributed by atoms with van der Waals surface area (Å²) in [7, 11) is 0. The summed E-state index contributed by atoms with van der Waals surface area (Å²) in [6, 6.07) is 3.71. The van der Waals surface area contributed by atoms with Crippen LogP contribution in [0, 0.1) is 5.92 Å². The molecule has 2 saturated heterocycles. The van der Waals surface area contributed by atoms with Crippen LogP contribution in [0.5, 0.6) is 0 Å². The summed E-state index contributed by atoms with van der Waals surface area (Å²) in [6.07, 6.45) is 1.03. The molecule has 5 rings (SSSR count). The van der Waals surface area contributed by atoms with Gasteiger partial charge in [0.25, 0.3) is 11.5 Å². The van der Waals surface area contributed by atoms with E-state index < -0.39 is 0 Å². The number of anilines is 1. The Morgan fingerprint density at radius 3 is 2.66 bits per heavy atom. The van der Waals surface area contributed by atoms with Gasteiger partial charge in [-0.15, -0.1) is 10.2 Å². The maximum Gasteiger partial charge on any atom is 0.263 e. The van der Waals surface area contributed by atoms with Gasteiger partial charge in [-0.25, -0.2) is 0 Å².